The molecule has 0 saturated heterocycles. The van der Waals surface area contributed by atoms with Crippen LogP contribution in [0.2, 0.25) is 0 Å². The van der Waals surface area contributed by atoms with E-state index < -0.39 is 11.9 Å². The van der Waals surface area contributed by atoms with Crippen LogP contribution in [0.5, 0.6) is 5.75 Å². The molecule has 5 rings (SSSR count). The summed E-state index contributed by atoms with van der Waals surface area (Å²) in [7, 11) is 2.93. The Morgan fingerprint density at radius 3 is 2.38 bits per heavy atom. The maximum Gasteiger partial charge on any atom is 0.336 e. The summed E-state index contributed by atoms with van der Waals surface area (Å²) in [5.74, 6) is -0.388. The van der Waals surface area contributed by atoms with Gasteiger partial charge in [0.2, 0.25) is 5.78 Å². The Morgan fingerprint density at radius 2 is 1.74 bits per heavy atom. The number of methoxy groups -OCH3 is 2. The van der Waals surface area contributed by atoms with Gasteiger partial charge in [-0.25, -0.2) is 4.79 Å². The molecule has 0 fully saturated rings. The molecule has 2 aromatic carbocycles. The average Bonchev–Trinajstić information content (AvgIpc) is 3.34. The molecule has 1 aliphatic carbocycles. The van der Waals surface area contributed by atoms with E-state index in [1.165, 1.54) is 7.11 Å². The fourth-order valence-corrected chi connectivity index (χ4v) is 5.59. The number of esters is 1. The van der Waals surface area contributed by atoms with Gasteiger partial charge in [0.1, 0.15) is 11.3 Å². The molecular formula is C32H33NO6. The minimum Gasteiger partial charge on any atom is -0.497 e. The molecule has 2 aliphatic rings. The van der Waals surface area contributed by atoms with Crippen LogP contribution >= 0.6 is 0 Å². The molecule has 3 aromatic rings. The zero-order valence-electron chi connectivity index (χ0n) is 23.2. The van der Waals surface area contributed by atoms with E-state index in [0.29, 0.717) is 40.2 Å². The molecule has 7 heteroatoms. The third kappa shape index (κ3) is 4.67. The summed E-state index contributed by atoms with van der Waals surface area (Å²) in [4.78, 5) is 39.7. The highest BCUT2D eigenvalue weighted by atomic mass is 16.5. The second-order valence-corrected chi connectivity index (χ2v) is 11.2. The van der Waals surface area contributed by atoms with Crippen molar-refractivity contribution < 1.29 is 28.3 Å². The van der Waals surface area contributed by atoms with Crippen molar-refractivity contribution in [2.45, 2.75) is 58.3 Å². The summed E-state index contributed by atoms with van der Waals surface area (Å²) in [5.41, 5.74) is 5.00. The fraction of sp³-hybridized carbons (Fsp3) is 0.344. The number of allylic oxidation sites excluding steroid dienone is 3. The summed E-state index contributed by atoms with van der Waals surface area (Å²) in [5, 5.41) is 4.04. The molecule has 1 aromatic heterocycles. The Labute approximate surface area is 227 Å². The monoisotopic (exact) mass is 527 g/mol. The molecule has 1 aliphatic heterocycles. The SMILES string of the molecule is COC(=O)C1=C(C)NC2=C(C(=O)CCC2)C1c1cc(C(C)(C)C)c2oc(C(=O)c3ccc(OC)cc3)cc2c1. The van der Waals surface area contributed by atoms with Crippen molar-refractivity contribution in [3.63, 3.8) is 0 Å². The number of carbonyl (C=O) groups excluding carboxylic acids is 3. The molecule has 2 heterocycles. The molecule has 0 amide bonds. The number of hydrogen-bond donors (Lipinski definition) is 1. The molecule has 0 bridgehead atoms. The van der Waals surface area contributed by atoms with Gasteiger partial charge in [-0.1, -0.05) is 26.8 Å². The average molecular weight is 528 g/mol. The van der Waals surface area contributed by atoms with Crippen LogP contribution in [0.3, 0.4) is 0 Å². The lowest BCUT2D eigenvalue weighted by atomic mass is 9.73. The number of nitrogens with one attached hydrogen (secondary N) is 1. The van der Waals surface area contributed by atoms with Crippen molar-refractivity contribution >= 4 is 28.5 Å². The third-order valence-electron chi connectivity index (χ3n) is 7.54. The number of furan rings is 1. The number of rotatable bonds is 5. The first-order valence-electron chi connectivity index (χ1n) is 13.1. The van der Waals surface area contributed by atoms with Crippen molar-refractivity contribution in [1.29, 1.82) is 0 Å². The van der Waals surface area contributed by atoms with E-state index in [0.717, 1.165) is 35.1 Å². The largest absolute Gasteiger partial charge is 0.497 e. The van der Waals surface area contributed by atoms with Gasteiger partial charge in [0.05, 0.1) is 19.8 Å². The zero-order chi connectivity index (χ0) is 28.1. The molecule has 0 spiro atoms. The Morgan fingerprint density at radius 1 is 1.03 bits per heavy atom. The number of fused-ring (bicyclic) bond motifs is 1. The molecule has 1 N–H and O–H groups in total. The number of carbonyl (C=O) groups is 3. The van der Waals surface area contributed by atoms with Crippen molar-refractivity contribution in [1.82, 2.24) is 5.32 Å². The van der Waals surface area contributed by atoms with Crippen LogP contribution in [0.25, 0.3) is 11.0 Å². The van der Waals surface area contributed by atoms with E-state index in [1.807, 2.05) is 19.1 Å². The maximum atomic E-state index is 13.4. The standard InChI is InChI=1S/C32H33NO6/c1-17-26(31(36)38-6)27(28-23(33-17)8-7-9-24(28)34)19-14-20-16-25(39-30(20)22(15-19)32(2,3)4)29(35)18-10-12-21(37-5)13-11-18/h10-16,27,33H,7-9H2,1-6H3. The minimum atomic E-state index is -0.581. The summed E-state index contributed by atoms with van der Waals surface area (Å²) in [6.45, 7) is 8.05. The summed E-state index contributed by atoms with van der Waals surface area (Å²) < 4.78 is 16.6. The predicted octanol–water partition coefficient (Wildman–Crippen LogP) is 6.11. The van der Waals surface area contributed by atoms with E-state index >= 15 is 0 Å². The molecular weight excluding hydrogens is 494 g/mol. The number of ether oxygens (including phenoxy) is 2. The van der Waals surface area contributed by atoms with E-state index in [4.69, 9.17) is 13.9 Å². The topological polar surface area (TPSA) is 94.8 Å². The summed E-state index contributed by atoms with van der Waals surface area (Å²) in [6.07, 6.45) is 1.94. The molecule has 0 saturated carbocycles. The first-order valence-corrected chi connectivity index (χ1v) is 13.1. The molecule has 39 heavy (non-hydrogen) atoms. The summed E-state index contributed by atoms with van der Waals surface area (Å²) >= 11 is 0. The third-order valence-corrected chi connectivity index (χ3v) is 7.54. The van der Waals surface area contributed by atoms with Gasteiger partial charge < -0.3 is 19.2 Å². The molecule has 202 valence electrons. The first kappa shape index (κ1) is 26.5. The first-order chi connectivity index (χ1) is 18.5. The van der Waals surface area contributed by atoms with Gasteiger partial charge in [-0.3, -0.25) is 9.59 Å². The molecule has 1 atom stereocenters. The van der Waals surface area contributed by atoms with Gasteiger partial charge in [0, 0.05) is 45.8 Å². The molecule has 1 unspecified atom stereocenters. The van der Waals surface area contributed by atoms with Gasteiger partial charge in [-0.05, 0) is 67.1 Å². The van der Waals surface area contributed by atoms with Crippen LogP contribution < -0.4 is 10.1 Å². The highest BCUT2D eigenvalue weighted by Crippen LogP contribution is 2.45. The Hall–Kier alpha value is -4.13. The van der Waals surface area contributed by atoms with Crippen molar-refractivity contribution in [3.8, 4) is 5.75 Å². The highest BCUT2D eigenvalue weighted by molar-refractivity contribution is 6.09. The number of hydrogen-bond acceptors (Lipinski definition) is 7. The minimum absolute atomic E-state index is 0.0302. The smallest absolute Gasteiger partial charge is 0.336 e. The Bertz CT molecular complexity index is 1560. The lowest BCUT2D eigenvalue weighted by Gasteiger charge is -2.34. The quantitative estimate of drug-likeness (QED) is 0.316. The lowest BCUT2D eigenvalue weighted by Crippen LogP contribution is -2.34. The number of benzene rings is 2. The van der Waals surface area contributed by atoms with Crippen LogP contribution in [0.15, 0.2) is 69.4 Å². The van der Waals surface area contributed by atoms with Gasteiger partial charge in [-0.2, -0.15) is 0 Å². The number of ketones is 2. The second-order valence-electron chi connectivity index (χ2n) is 11.2. The van der Waals surface area contributed by atoms with E-state index in [1.54, 1.807) is 37.4 Å². The van der Waals surface area contributed by atoms with Crippen molar-refractivity contribution in [2.75, 3.05) is 14.2 Å². The fourth-order valence-electron chi connectivity index (χ4n) is 5.59. The lowest BCUT2D eigenvalue weighted by molar-refractivity contribution is -0.136. The van der Waals surface area contributed by atoms with E-state index in [9.17, 15) is 14.4 Å². The van der Waals surface area contributed by atoms with E-state index in [2.05, 4.69) is 26.1 Å². The highest BCUT2D eigenvalue weighted by Gasteiger charge is 2.40. The second kappa shape index (κ2) is 9.88. The zero-order valence-corrected chi connectivity index (χ0v) is 23.2. The Kier molecular flexibility index (Phi) is 6.70. The van der Waals surface area contributed by atoms with Gasteiger partial charge in [0.15, 0.2) is 11.5 Å². The Balaban J connectivity index is 1.71. The van der Waals surface area contributed by atoms with Crippen molar-refractivity contribution in [2.24, 2.45) is 0 Å². The normalized spacial score (nSPS) is 17.7. The predicted molar refractivity (Wildman–Crippen MR) is 148 cm³/mol. The maximum absolute atomic E-state index is 13.4. The van der Waals surface area contributed by atoms with Crippen molar-refractivity contribution in [3.05, 3.63) is 87.5 Å². The number of dihydropyridines is 1. The van der Waals surface area contributed by atoms with Gasteiger partial charge in [-0.15, -0.1) is 0 Å². The van der Waals surface area contributed by atoms with Gasteiger partial charge >= 0.3 is 5.97 Å². The van der Waals surface area contributed by atoms with E-state index in [-0.39, 0.29) is 22.7 Å². The number of Topliss-reactive ketones (excluding diaryl/α,β-unsaturated/α-hetero) is 1. The molecule has 7 nitrogen and oxygen atoms in total. The van der Waals surface area contributed by atoms with Crippen LogP contribution in [0.1, 0.15) is 80.1 Å². The van der Waals surface area contributed by atoms with Crippen LogP contribution in [0, 0.1) is 0 Å². The van der Waals surface area contributed by atoms with Crippen LogP contribution in [-0.4, -0.2) is 31.8 Å². The van der Waals surface area contributed by atoms with Crippen LogP contribution in [-0.2, 0) is 19.7 Å². The summed E-state index contributed by atoms with van der Waals surface area (Å²) in [6, 6.07) is 12.6. The molecule has 0 radical (unpaired) electrons. The van der Waals surface area contributed by atoms with Gasteiger partial charge in [0.25, 0.3) is 0 Å². The van der Waals surface area contributed by atoms with Crippen LogP contribution in [0.4, 0.5) is 0 Å².